The lowest BCUT2D eigenvalue weighted by Crippen LogP contribution is -2.22. The predicted octanol–water partition coefficient (Wildman–Crippen LogP) is 3.57. The SMILES string of the molecule is C=Cc1ccc(F)c(F)c1NCC(C)(C)C#N. The Morgan fingerprint density at radius 3 is 2.65 bits per heavy atom. The van der Waals surface area contributed by atoms with Crippen LogP contribution in [0.3, 0.4) is 0 Å². The second-order valence-corrected chi connectivity index (χ2v) is 4.38. The smallest absolute Gasteiger partial charge is 0.182 e. The van der Waals surface area contributed by atoms with Crippen LogP contribution in [-0.4, -0.2) is 6.54 Å². The molecule has 1 aromatic carbocycles. The van der Waals surface area contributed by atoms with Gasteiger partial charge in [-0.1, -0.05) is 12.7 Å². The maximum Gasteiger partial charge on any atom is 0.182 e. The summed E-state index contributed by atoms with van der Waals surface area (Å²) in [6, 6.07) is 4.56. The molecule has 0 fully saturated rings. The molecule has 0 spiro atoms. The van der Waals surface area contributed by atoms with Crippen molar-refractivity contribution in [1.29, 1.82) is 5.26 Å². The normalized spacial score (nSPS) is 10.8. The fourth-order valence-electron chi connectivity index (χ4n) is 1.26. The molecule has 0 aliphatic carbocycles. The van der Waals surface area contributed by atoms with Crippen molar-refractivity contribution in [2.45, 2.75) is 13.8 Å². The zero-order valence-corrected chi connectivity index (χ0v) is 9.85. The van der Waals surface area contributed by atoms with Crippen molar-refractivity contribution in [1.82, 2.24) is 0 Å². The molecular weight excluding hydrogens is 222 g/mol. The first-order valence-corrected chi connectivity index (χ1v) is 5.17. The molecule has 0 aromatic heterocycles. The maximum atomic E-state index is 13.6. The second kappa shape index (κ2) is 4.96. The Hall–Kier alpha value is -1.89. The van der Waals surface area contributed by atoms with Gasteiger partial charge in [-0.05, 0) is 26.0 Å². The zero-order valence-electron chi connectivity index (χ0n) is 9.85. The van der Waals surface area contributed by atoms with Crippen LogP contribution in [0, 0.1) is 28.4 Å². The van der Waals surface area contributed by atoms with Gasteiger partial charge in [-0.2, -0.15) is 5.26 Å². The van der Waals surface area contributed by atoms with Crippen molar-refractivity contribution >= 4 is 11.8 Å². The highest BCUT2D eigenvalue weighted by Crippen LogP contribution is 2.25. The van der Waals surface area contributed by atoms with Crippen molar-refractivity contribution in [3.63, 3.8) is 0 Å². The molecule has 90 valence electrons. The van der Waals surface area contributed by atoms with Gasteiger partial charge in [-0.15, -0.1) is 0 Å². The Kier molecular flexibility index (Phi) is 3.84. The van der Waals surface area contributed by atoms with E-state index < -0.39 is 17.0 Å². The van der Waals surface area contributed by atoms with Gasteiger partial charge in [0.1, 0.15) is 0 Å². The molecule has 0 aliphatic heterocycles. The number of nitrogens with one attached hydrogen (secondary N) is 1. The number of nitriles is 1. The van der Waals surface area contributed by atoms with E-state index in [-0.39, 0.29) is 12.2 Å². The van der Waals surface area contributed by atoms with E-state index in [2.05, 4.69) is 18.0 Å². The van der Waals surface area contributed by atoms with Crippen LogP contribution in [0.5, 0.6) is 0 Å². The maximum absolute atomic E-state index is 13.6. The van der Waals surface area contributed by atoms with Crippen LogP contribution in [0.2, 0.25) is 0 Å². The third-order valence-corrected chi connectivity index (χ3v) is 2.36. The van der Waals surface area contributed by atoms with Crippen LogP contribution < -0.4 is 5.32 Å². The molecule has 0 bridgehead atoms. The molecule has 0 heterocycles. The fourth-order valence-corrected chi connectivity index (χ4v) is 1.26. The molecule has 0 saturated carbocycles. The van der Waals surface area contributed by atoms with Crippen LogP contribution in [0.4, 0.5) is 14.5 Å². The minimum absolute atomic E-state index is 0.0447. The zero-order chi connectivity index (χ0) is 13.1. The lowest BCUT2D eigenvalue weighted by molar-refractivity contribution is 0.502. The summed E-state index contributed by atoms with van der Waals surface area (Å²) in [6.07, 6.45) is 1.43. The first-order valence-electron chi connectivity index (χ1n) is 5.17. The van der Waals surface area contributed by atoms with Crippen molar-refractivity contribution < 1.29 is 8.78 Å². The largest absolute Gasteiger partial charge is 0.381 e. The third-order valence-electron chi connectivity index (χ3n) is 2.36. The van der Waals surface area contributed by atoms with Crippen LogP contribution in [-0.2, 0) is 0 Å². The molecule has 0 amide bonds. The van der Waals surface area contributed by atoms with Crippen molar-refractivity contribution in [3.8, 4) is 6.07 Å². The third kappa shape index (κ3) is 3.04. The fraction of sp³-hybridized carbons (Fsp3) is 0.308. The Morgan fingerprint density at radius 2 is 2.12 bits per heavy atom. The average molecular weight is 236 g/mol. The Morgan fingerprint density at radius 1 is 1.47 bits per heavy atom. The standard InChI is InChI=1S/C13H14F2N2/c1-4-9-5-6-10(14)11(15)12(9)17-8-13(2,3)7-16/h4-6,17H,1,8H2,2-3H3. The monoisotopic (exact) mass is 236 g/mol. The van der Waals surface area contributed by atoms with Crippen LogP contribution in [0.25, 0.3) is 6.08 Å². The molecular formula is C13H14F2N2. The van der Waals surface area contributed by atoms with Crippen LogP contribution >= 0.6 is 0 Å². The summed E-state index contributed by atoms with van der Waals surface area (Å²) in [7, 11) is 0. The first-order chi connectivity index (χ1) is 7.91. The summed E-state index contributed by atoms with van der Waals surface area (Å²) < 4.78 is 26.6. The summed E-state index contributed by atoms with van der Waals surface area (Å²) in [5.41, 5.74) is -0.141. The van der Waals surface area contributed by atoms with Gasteiger partial charge in [0.05, 0.1) is 17.2 Å². The van der Waals surface area contributed by atoms with E-state index in [0.29, 0.717) is 5.56 Å². The van der Waals surface area contributed by atoms with Gasteiger partial charge in [-0.3, -0.25) is 0 Å². The van der Waals surface area contributed by atoms with Crippen LogP contribution in [0.15, 0.2) is 18.7 Å². The quantitative estimate of drug-likeness (QED) is 0.867. The number of rotatable bonds is 4. The molecule has 0 aliphatic rings. The van der Waals surface area contributed by atoms with E-state index in [4.69, 9.17) is 5.26 Å². The van der Waals surface area contributed by atoms with Crippen LogP contribution in [0.1, 0.15) is 19.4 Å². The summed E-state index contributed by atoms with van der Waals surface area (Å²) in [5.74, 6) is -1.87. The summed E-state index contributed by atoms with van der Waals surface area (Å²) in [4.78, 5) is 0. The van der Waals surface area contributed by atoms with Gasteiger partial charge in [0.25, 0.3) is 0 Å². The molecule has 0 radical (unpaired) electrons. The van der Waals surface area contributed by atoms with Crippen molar-refractivity contribution in [2.24, 2.45) is 5.41 Å². The Bertz CT molecular complexity index is 473. The molecule has 1 N–H and O–H groups in total. The first kappa shape index (κ1) is 13.2. The van der Waals surface area contributed by atoms with E-state index in [0.717, 1.165) is 6.07 Å². The van der Waals surface area contributed by atoms with Crippen molar-refractivity contribution in [2.75, 3.05) is 11.9 Å². The summed E-state index contributed by atoms with van der Waals surface area (Å²) in [6.45, 7) is 7.19. The Balaban J connectivity index is 3.02. The molecule has 4 heteroatoms. The highest BCUT2D eigenvalue weighted by atomic mass is 19.2. The molecule has 0 unspecified atom stereocenters. The minimum Gasteiger partial charge on any atom is -0.381 e. The van der Waals surface area contributed by atoms with E-state index in [9.17, 15) is 8.78 Å². The van der Waals surface area contributed by atoms with E-state index in [1.807, 2.05) is 0 Å². The number of benzene rings is 1. The number of hydrogen-bond acceptors (Lipinski definition) is 2. The number of anilines is 1. The molecule has 0 saturated heterocycles. The highest BCUT2D eigenvalue weighted by molar-refractivity contribution is 5.66. The number of nitrogens with zero attached hydrogens (tertiary/aromatic N) is 1. The van der Waals surface area contributed by atoms with Gasteiger partial charge < -0.3 is 5.32 Å². The molecule has 1 rings (SSSR count). The predicted molar refractivity (Wildman–Crippen MR) is 64.3 cm³/mol. The Labute approximate surface area is 99.6 Å². The highest BCUT2D eigenvalue weighted by Gasteiger charge is 2.19. The minimum atomic E-state index is -0.948. The number of hydrogen-bond donors (Lipinski definition) is 1. The van der Waals surface area contributed by atoms with Gasteiger partial charge in [-0.25, -0.2) is 8.78 Å². The van der Waals surface area contributed by atoms with Gasteiger partial charge >= 0.3 is 0 Å². The molecule has 0 atom stereocenters. The molecule has 1 aromatic rings. The average Bonchev–Trinajstić information content (AvgIpc) is 2.31. The van der Waals surface area contributed by atoms with E-state index in [1.165, 1.54) is 12.1 Å². The van der Waals surface area contributed by atoms with Gasteiger partial charge in [0.15, 0.2) is 11.6 Å². The summed E-state index contributed by atoms with van der Waals surface area (Å²) in [5, 5.41) is 11.6. The summed E-state index contributed by atoms with van der Waals surface area (Å²) >= 11 is 0. The molecule has 17 heavy (non-hydrogen) atoms. The second-order valence-electron chi connectivity index (χ2n) is 4.38. The molecule has 2 nitrogen and oxygen atoms in total. The van der Waals surface area contributed by atoms with Crippen molar-refractivity contribution in [3.05, 3.63) is 35.9 Å². The van der Waals surface area contributed by atoms with Gasteiger partial charge in [0.2, 0.25) is 0 Å². The van der Waals surface area contributed by atoms with Gasteiger partial charge in [0, 0.05) is 12.1 Å². The topological polar surface area (TPSA) is 35.8 Å². The van der Waals surface area contributed by atoms with E-state index >= 15 is 0 Å². The lowest BCUT2D eigenvalue weighted by Gasteiger charge is -2.18. The van der Waals surface area contributed by atoms with E-state index in [1.54, 1.807) is 13.8 Å². The lowest BCUT2D eigenvalue weighted by atomic mass is 9.95. The number of halogens is 2.